The maximum Gasteiger partial charge on any atom is 0.251 e. The van der Waals surface area contributed by atoms with Crippen molar-refractivity contribution < 1.29 is 34.3 Å². The van der Waals surface area contributed by atoms with Crippen LogP contribution in [-0.4, -0.2) is 49.3 Å². The summed E-state index contributed by atoms with van der Waals surface area (Å²) in [6, 6.07) is 11.7. The van der Waals surface area contributed by atoms with Gasteiger partial charge in [0.25, 0.3) is 5.91 Å². The molecule has 0 aromatic heterocycles. The molecule has 0 spiro atoms. The summed E-state index contributed by atoms with van der Waals surface area (Å²) >= 11 is 3.43. The lowest BCUT2D eigenvalue weighted by molar-refractivity contribution is -0.497. The summed E-state index contributed by atoms with van der Waals surface area (Å²) in [6.07, 6.45) is 2.91. The number of carbonyl (C=O) groups is 1. The van der Waals surface area contributed by atoms with E-state index in [2.05, 4.69) is 27.9 Å². The van der Waals surface area contributed by atoms with Gasteiger partial charge in [0.2, 0.25) is 5.75 Å². The quantitative estimate of drug-likeness (QED) is 0.162. The molecular weight excluding hydrogens is 651 g/mol. The molecule has 12 heteroatoms. The van der Waals surface area contributed by atoms with Crippen LogP contribution in [0.25, 0.3) is 11.1 Å². The van der Waals surface area contributed by atoms with Gasteiger partial charge in [-0.15, -0.1) is 11.8 Å². The molecule has 0 heterocycles. The Morgan fingerprint density at radius 1 is 1.07 bits per heavy atom. The third kappa shape index (κ3) is 6.21. The van der Waals surface area contributed by atoms with Gasteiger partial charge in [0.05, 0.1) is 44.3 Å². The van der Waals surface area contributed by atoms with E-state index in [1.165, 1.54) is 11.8 Å². The Kier molecular flexibility index (Phi) is 9.92. The average molecular weight is 681 g/mol. The van der Waals surface area contributed by atoms with Crippen LogP contribution < -0.4 is 25.0 Å². The largest absolute Gasteiger partial charge is 0.493 e. The molecule has 0 fully saturated rings. The third-order valence-corrected chi connectivity index (χ3v) is 8.50. The van der Waals surface area contributed by atoms with Gasteiger partial charge in [-0.05, 0) is 100 Å². The Hall–Kier alpha value is -2.88. The summed E-state index contributed by atoms with van der Waals surface area (Å²) in [7, 11) is 4.66. The van der Waals surface area contributed by atoms with Crippen molar-refractivity contribution >= 4 is 40.3 Å². The minimum Gasteiger partial charge on any atom is -0.493 e. The zero-order valence-electron chi connectivity index (χ0n) is 22.3. The van der Waals surface area contributed by atoms with Crippen LogP contribution in [-0.2, 0) is 17.9 Å². The molecule has 40 heavy (non-hydrogen) atoms. The second-order valence-electron chi connectivity index (χ2n) is 8.86. The van der Waals surface area contributed by atoms with Crippen LogP contribution >= 0.6 is 34.4 Å². The second-order valence-corrected chi connectivity index (χ2v) is 10.9. The average Bonchev–Trinajstić information content (AvgIpc) is 3.19. The number of aryl methyl sites for hydroxylation is 1. The number of halogens is 1. The van der Waals surface area contributed by atoms with Crippen molar-refractivity contribution in [3.8, 4) is 28.4 Å². The lowest BCUT2D eigenvalue weighted by atomic mass is 9.95. The summed E-state index contributed by atoms with van der Waals surface area (Å²) in [5, 5.41) is 20.6. The highest BCUT2D eigenvalue weighted by atomic mass is 127. The summed E-state index contributed by atoms with van der Waals surface area (Å²) in [6.45, 7) is -0.149. The van der Waals surface area contributed by atoms with Gasteiger partial charge < -0.3 is 19.5 Å². The number of hydrogen-bond acceptors (Lipinski definition) is 10. The highest BCUT2D eigenvalue weighted by Gasteiger charge is 2.30. The van der Waals surface area contributed by atoms with E-state index >= 15 is 0 Å². The predicted octanol–water partition coefficient (Wildman–Crippen LogP) is 5.00. The summed E-state index contributed by atoms with van der Waals surface area (Å²) < 4.78 is 17.8. The number of thioether (sulfide) groups is 1. The van der Waals surface area contributed by atoms with Crippen molar-refractivity contribution in [1.82, 2.24) is 10.7 Å². The van der Waals surface area contributed by atoms with Gasteiger partial charge >= 0.3 is 0 Å². The van der Waals surface area contributed by atoms with E-state index in [4.69, 9.17) is 29.5 Å². The minimum absolute atomic E-state index is 0.149. The Morgan fingerprint density at radius 3 is 2.48 bits per heavy atom. The zero-order valence-corrected chi connectivity index (χ0v) is 25.3. The van der Waals surface area contributed by atoms with Crippen molar-refractivity contribution in [2.45, 2.75) is 30.4 Å². The number of hydrogen-bond donors (Lipinski definition) is 3. The molecule has 0 saturated heterocycles. The Labute approximate surface area is 249 Å². The first-order chi connectivity index (χ1) is 19.2. The lowest BCUT2D eigenvalue weighted by Crippen LogP contribution is -2.29. The number of nitrogens with zero attached hydrogens (tertiary/aromatic N) is 1. The van der Waals surface area contributed by atoms with Crippen LogP contribution in [0.15, 0.2) is 52.2 Å². The third-order valence-electron chi connectivity index (χ3n) is 6.67. The van der Waals surface area contributed by atoms with E-state index in [1.807, 2.05) is 18.4 Å². The Morgan fingerprint density at radius 2 is 1.82 bits per heavy atom. The van der Waals surface area contributed by atoms with Gasteiger partial charge in [-0.3, -0.25) is 20.0 Å². The van der Waals surface area contributed by atoms with Gasteiger partial charge in [0.15, 0.2) is 16.9 Å². The standard InChI is InChI=1S/C28H29IN2O8S/c1-36-23-12-15-6-9-21(30-28(33)16-5-8-20(29)17(11-16)14-39-31(34)35)19-13-22(32)24(40-4)10-7-18(19)25(15)27(38-3)26(23)37-2/h5,7-8,10-13,21,34-35H,6,9,14H2,1-4H3,(H,30,33)/t21-/m0/s1. The van der Waals surface area contributed by atoms with Gasteiger partial charge in [0, 0.05) is 14.7 Å². The molecule has 0 saturated carbocycles. The number of ether oxygens (including phenoxy) is 3. The molecule has 3 N–H and O–H groups in total. The molecule has 4 rings (SSSR count). The van der Waals surface area contributed by atoms with E-state index in [0.717, 1.165) is 20.3 Å². The van der Waals surface area contributed by atoms with Crippen molar-refractivity contribution in [3.05, 3.63) is 78.5 Å². The minimum atomic E-state index is -0.504. The maximum atomic E-state index is 13.5. The monoisotopic (exact) mass is 680 g/mol. The van der Waals surface area contributed by atoms with E-state index in [9.17, 15) is 9.59 Å². The molecule has 0 radical (unpaired) electrons. The highest BCUT2D eigenvalue weighted by molar-refractivity contribution is 14.1. The normalized spacial score (nSPS) is 14.2. The van der Waals surface area contributed by atoms with Crippen LogP contribution in [0.5, 0.6) is 17.2 Å². The fourth-order valence-corrected chi connectivity index (χ4v) is 5.77. The fourth-order valence-electron chi connectivity index (χ4n) is 4.81. The first-order valence-electron chi connectivity index (χ1n) is 12.2. The van der Waals surface area contributed by atoms with E-state index in [0.29, 0.717) is 51.7 Å². The van der Waals surface area contributed by atoms with Crippen LogP contribution in [0.1, 0.15) is 39.5 Å². The summed E-state index contributed by atoms with van der Waals surface area (Å²) in [5.74, 6) is 1.10. The smallest absolute Gasteiger partial charge is 0.251 e. The summed E-state index contributed by atoms with van der Waals surface area (Å²) in [4.78, 5) is 32.0. The molecule has 212 valence electrons. The number of fused-ring (bicyclic) bond motifs is 3. The van der Waals surface area contributed by atoms with Gasteiger partial charge in [0.1, 0.15) is 0 Å². The topological polar surface area (TPSA) is 127 Å². The molecule has 1 amide bonds. The number of rotatable bonds is 9. The van der Waals surface area contributed by atoms with Crippen molar-refractivity contribution in [3.63, 3.8) is 0 Å². The molecule has 0 unspecified atom stereocenters. The molecule has 0 aliphatic heterocycles. The van der Waals surface area contributed by atoms with Crippen LogP contribution in [0, 0.1) is 3.57 Å². The Balaban J connectivity index is 1.83. The van der Waals surface area contributed by atoms with Gasteiger partial charge in [-0.2, -0.15) is 0 Å². The first-order valence-corrected chi connectivity index (χ1v) is 14.5. The van der Waals surface area contributed by atoms with Gasteiger partial charge in [-0.25, -0.2) is 4.84 Å². The summed E-state index contributed by atoms with van der Waals surface area (Å²) in [5.41, 5.74) is 3.92. The van der Waals surface area contributed by atoms with Crippen molar-refractivity contribution in [2.24, 2.45) is 0 Å². The molecule has 1 aliphatic carbocycles. The molecule has 3 aromatic carbocycles. The SMILES string of the molecule is COc1cc2c(c(OC)c1OC)-c1ccc(SC)c(=O)cc1[C@@H](NC(=O)c1ccc(I)c(CON(O)O)c1)CC2. The number of carbonyl (C=O) groups excluding carboxylic acids is 1. The lowest BCUT2D eigenvalue weighted by Gasteiger charge is -2.20. The zero-order chi connectivity index (χ0) is 29.0. The van der Waals surface area contributed by atoms with Crippen molar-refractivity contribution in [2.75, 3.05) is 27.6 Å². The number of benzene rings is 2. The Bertz CT molecular complexity index is 1480. The van der Waals surface area contributed by atoms with Crippen molar-refractivity contribution in [1.29, 1.82) is 0 Å². The van der Waals surface area contributed by atoms with E-state index in [1.54, 1.807) is 51.7 Å². The molecule has 0 bridgehead atoms. The second kappa shape index (κ2) is 13.2. The molecule has 1 atom stereocenters. The number of amides is 1. The van der Waals surface area contributed by atoms with E-state index < -0.39 is 6.04 Å². The first kappa shape index (κ1) is 30.1. The van der Waals surface area contributed by atoms with Crippen LogP contribution in [0.2, 0.25) is 0 Å². The number of methoxy groups -OCH3 is 3. The molecule has 3 aromatic rings. The molecule has 10 nitrogen and oxygen atoms in total. The van der Waals surface area contributed by atoms with Gasteiger partial charge in [-0.1, -0.05) is 6.07 Å². The highest BCUT2D eigenvalue weighted by Crippen LogP contribution is 2.50. The van der Waals surface area contributed by atoms with E-state index in [-0.39, 0.29) is 23.3 Å². The van der Waals surface area contributed by atoms with Crippen LogP contribution in [0.3, 0.4) is 0 Å². The predicted molar refractivity (Wildman–Crippen MR) is 157 cm³/mol. The maximum absolute atomic E-state index is 13.5. The number of nitrogens with one attached hydrogen (secondary N) is 1. The molecule has 1 aliphatic rings. The molecular formula is C28H29IN2O8S. The fraction of sp³-hybridized carbons (Fsp3) is 0.286. The van der Waals surface area contributed by atoms with Crippen LogP contribution in [0.4, 0.5) is 0 Å².